The van der Waals surface area contributed by atoms with Crippen molar-refractivity contribution in [1.82, 2.24) is 25.0 Å². The van der Waals surface area contributed by atoms with E-state index in [1.165, 1.54) is 24.7 Å². The molecule has 35 heavy (non-hydrogen) atoms. The third-order valence-corrected chi connectivity index (χ3v) is 5.80. The Balaban J connectivity index is 1.72. The number of aromatic nitrogens is 3. The van der Waals surface area contributed by atoms with Crippen molar-refractivity contribution in [3.05, 3.63) is 47.3 Å². The number of carbonyl (C=O) groups is 1. The van der Waals surface area contributed by atoms with Crippen LogP contribution in [-0.4, -0.2) is 63.6 Å². The highest BCUT2D eigenvalue weighted by Crippen LogP contribution is 2.30. The first-order valence-corrected chi connectivity index (χ1v) is 11.1. The fraction of sp³-hybridized carbons (Fsp3) is 0.435. The summed E-state index contributed by atoms with van der Waals surface area (Å²) in [6.07, 6.45) is -2.53. The van der Waals surface area contributed by atoms with Crippen molar-refractivity contribution in [2.24, 2.45) is 0 Å². The maximum absolute atomic E-state index is 12.7. The topological polar surface area (TPSA) is 104 Å². The number of fused-ring (bicyclic) bond motifs is 1. The molecular weight excluding hydrogens is 465 g/mol. The Hall–Kier alpha value is -3.22. The number of imidazole rings is 1. The molecule has 188 valence electrons. The van der Waals surface area contributed by atoms with Crippen LogP contribution in [-0.2, 0) is 4.84 Å². The molecule has 1 saturated carbocycles. The number of halogens is 3. The molecule has 0 saturated heterocycles. The molecule has 4 rings (SSSR count). The molecule has 0 bridgehead atoms. The van der Waals surface area contributed by atoms with Crippen molar-refractivity contribution in [2.45, 2.75) is 44.6 Å². The number of carbonyl (C=O) groups excluding carboxylic acids is 1. The zero-order chi connectivity index (χ0) is 25.3. The first-order valence-electron chi connectivity index (χ1n) is 11.1. The SMILES string of the molecule is CON(C)C(=O)c1cc(NCCC(F)(F)F)c2ncc(-c3ccc(C(O)NC4CC4)c(C)c3)n2n1. The standard InChI is InChI=1S/C23H27F3N6O3/c1-13-10-14(4-7-16(13)21(33)29-15-5-6-15)19-12-28-20-17(27-9-8-23(24,25)26)11-18(30-32(19)20)22(34)31(2)35-3/h4,7,10-12,15,21,27,29,33H,5-6,8-9H2,1-3H3. The molecule has 12 heteroatoms. The van der Waals surface area contributed by atoms with Gasteiger partial charge in [-0.05, 0) is 43.0 Å². The van der Waals surface area contributed by atoms with Crippen LogP contribution in [0.1, 0.15) is 47.1 Å². The summed E-state index contributed by atoms with van der Waals surface area (Å²) in [7, 11) is 2.72. The third kappa shape index (κ3) is 5.72. The monoisotopic (exact) mass is 492 g/mol. The molecule has 2 aromatic heterocycles. The molecule has 0 radical (unpaired) electrons. The maximum Gasteiger partial charge on any atom is 0.390 e. The number of amides is 1. The van der Waals surface area contributed by atoms with Crippen LogP contribution in [0.25, 0.3) is 16.9 Å². The van der Waals surface area contributed by atoms with Crippen LogP contribution in [0.2, 0.25) is 0 Å². The van der Waals surface area contributed by atoms with Crippen molar-refractivity contribution >= 4 is 17.2 Å². The largest absolute Gasteiger partial charge is 0.390 e. The van der Waals surface area contributed by atoms with Crippen LogP contribution in [0.15, 0.2) is 30.5 Å². The lowest BCUT2D eigenvalue weighted by atomic mass is 10.0. The highest BCUT2D eigenvalue weighted by Gasteiger charge is 2.27. The normalized spacial score (nSPS) is 14.8. The van der Waals surface area contributed by atoms with Gasteiger partial charge in [0.2, 0.25) is 0 Å². The summed E-state index contributed by atoms with van der Waals surface area (Å²) < 4.78 is 39.5. The summed E-state index contributed by atoms with van der Waals surface area (Å²) in [6.45, 7) is 1.48. The van der Waals surface area contributed by atoms with Gasteiger partial charge < -0.3 is 10.4 Å². The lowest BCUT2D eigenvalue weighted by molar-refractivity contribution is -0.131. The van der Waals surface area contributed by atoms with Crippen molar-refractivity contribution in [3.63, 3.8) is 0 Å². The first-order chi connectivity index (χ1) is 16.6. The number of alkyl halides is 3. The van der Waals surface area contributed by atoms with E-state index in [4.69, 9.17) is 4.84 Å². The zero-order valence-electron chi connectivity index (χ0n) is 19.6. The predicted octanol–water partition coefficient (Wildman–Crippen LogP) is 3.45. The first kappa shape index (κ1) is 24.9. The number of nitrogens with one attached hydrogen (secondary N) is 2. The van der Waals surface area contributed by atoms with E-state index < -0.39 is 31.3 Å². The van der Waals surface area contributed by atoms with E-state index >= 15 is 0 Å². The smallest absolute Gasteiger partial charge is 0.382 e. The molecule has 1 aliphatic rings. The Kier molecular flexibility index (Phi) is 6.97. The van der Waals surface area contributed by atoms with Crippen LogP contribution in [0.4, 0.5) is 18.9 Å². The van der Waals surface area contributed by atoms with Crippen molar-refractivity contribution < 1.29 is 27.9 Å². The second kappa shape index (κ2) is 9.80. The molecule has 2 heterocycles. The van der Waals surface area contributed by atoms with Gasteiger partial charge in [-0.2, -0.15) is 18.3 Å². The van der Waals surface area contributed by atoms with Crippen molar-refractivity contribution in [2.75, 3.05) is 26.0 Å². The maximum atomic E-state index is 12.7. The number of anilines is 1. The summed E-state index contributed by atoms with van der Waals surface area (Å²) >= 11 is 0. The molecule has 1 amide bonds. The second-order valence-electron chi connectivity index (χ2n) is 8.51. The summed E-state index contributed by atoms with van der Waals surface area (Å²) in [5, 5.41) is 21.7. The number of aliphatic hydroxyl groups excluding tert-OH is 1. The number of rotatable bonds is 9. The average Bonchev–Trinajstić information content (AvgIpc) is 3.51. The Morgan fingerprint density at radius 2 is 2.09 bits per heavy atom. The molecule has 0 spiro atoms. The van der Waals surface area contributed by atoms with E-state index in [1.807, 2.05) is 13.0 Å². The van der Waals surface area contributed by atoms with Crippen LogP contribution in [0.5, 0.6) is 0 Å². The fourth-order valence-corrected chi connectivity index (χ4v) is 3.69. The molecule has 3 aromatic rings. The zero-order valence-corrected chi connectivity index (χ0v) is 19.6. The van der Waals surface area contributed by atoms with Gasteiger partial charge in [0.25, 0.3) is 5.91 Å². The minimum absolute atomic E-state index is 0.0343. The molecule has 3 N–H and O–H groups in total. The summed E-state index contributed by atoms with van der Waals surface area (Å²) in [5.74, 6) is -0.575. The van der Waals surface area contributed by atoms with Crippen LogP contribution < -0.4 is 10.6 Å². The Labute approximate surface area is 199 Å². The molecule has 1 unspecified atom stereocenters. The van der Waals surface area contributed by atoms with E-state index in [9.17, 15) is 23.1 Å². The van der Waals surface area contributed by atoms with Gasteiger partial charge in [0.15, 0.2) is 11.3 Å². The lowest BCUT2D eigenvalue weighted by Crippen LogP contribution is -2.27. The van der Waals surface area contributed by atoms with Gasteiger partial charge >= 0.3 is 6.18 Å². The average molecular weight is 493 g/mol. The predicted molar refractivity (Wildman–Crippen MR) is 123 cm³/mol. The van der Waals surface area contributed by atoms with Gasteiger partial charge in [0.1, 0.15) is 6.23 Å². The van der Waals surface area contributed by atoms with E-state index in [0.29, 0.717) is 11.7 Å². The Bertz CT molecular complexity index is 1230. The van der Waals surface area contributed by atoms with Crippen LogP contribution >= 0.6 is 0 Å². The van der Waals surface area contributed by atoms with Crippen LogP contribution in [0, 0.1) is 6.92 Å². The second-order valence-corrected chi connectivity index (χ2v) is 8.51. The molecule has 1 aromatic carbocycles. The quantitative estimate of drug-likeness (QED) is 0.311. The van der Waals surface area contributed by atoms with Gasteiger partial charge in [0.05, 0.1) is 31.1 Å². The Morgan fingerprint density at radius 1 is 1.34 bits per heavy atom. The van der Waals surface area contributed by atoms with E-state index in [0.717, 1.165) is 34.6 Å². The van der Waals surface area contributed by atoms with Gasteiger partial charge in [0, 0.05) is 25.2 Å². The van der Waals surface area contributed by atoms with Crippen molar-refractivity contribution in [3.8, 4) is 11.3 Å². The minimum Gasteiger partial charge on any atom is -0.382 e. The highest BCUT2D eigenvalue weighted by atomic mass is 19.4. The van der Waals surface area contributed by atoms with Gasteiger partial charge in [-0.1, -0.05) is 12.1 Å². The van der Waals surface area contributed by atoms with Gasteiger partial charge in [-0.3, -0.25) is 14.9 Å². The third-order valence-electron chi connectivity index (χ3n) is 5.80. The number of hydrogen-bond donors (Lipinski definition) is 3. The molecule has 1 fully saturated rings. The minimum atomic E-state index is -4.33. The number of nitrogens with zero attached hydrogens (tertiary/aromatic N) is 4. The van der Waals surface area contributed by atoms with Crippen molar-refractivity contribution in [1.29, 1.82) is 0 Å². The number of aliphatic hydroxyl groups is 1. The summed E-state index contributed by atoms with van der Waals surface area (Å²) in [5.41, 5.74) is 3.32. The number of hydroxylamine groups is 2. The highest BCUT2D eigenvalue weighted by molar-refractivity contribution is 5.93. The number of benzene rings is 1. The molecule has 1 atom stereocenters. The number of hydrogen-bond acceptors (Lipinski definition) is 7. The Morgan fingerprint density at radius 3 is 2.71 bits per heavy atom. The van der Waals surface area contributed by atoms with E-state index in [1.54, 1.807) is 18.3 Å². The lowest BCUT2D eigenvalue weighted by Gasteiger charge is -2.17. The van der Waals surface area contributed by atoms with Crippen LogP contribution in [0.3, 0.4) is 0 Å². The van der Waals surface area contributed by atoms with E-state index in [-0.39, 0.29) is 17.0 Å². The molecule has 1 aliphatic carbocycles. The summed E-state index contributed by atoms with van der Waals surface area (Å²) in [4.78, 5) is 22.0. The molecule has 9 nitrogen and oxygen atoms in total. The number of aryl methyl sites for hydroxylation is 1. The van der Waals surface area contributed by atoms with Gasteiger partial charge in [-0.15, -0.1) is 0 Å². The molecular formula is C23H27F3N6O3. The summed E-state index contributed by atoms with van der Waals surface area (Å²) in [6, 6.07) is 7.16. The molecule has 0 aliphatic heterocycles. The van der Waals surface area contributed by atoms with Gasteiger partial charge in [-0.25, -0.2) is 14.6 Å². The van der Waals surface area contributed by atoms with E-state index in [2.05, 4.69) is 20.7 Å². The fourth-order valence-electron chi connectivity index (χ4n) is 3.69.